The molecule has 0 saturated heterocycles. The summed E-state index contributed by atoms with van der Waals surface area (Å²) >= 11 is 0. The lowest BCUT2D eigenvalue weighted by Crippen LogP contribution is -2.25. The molecule has 0 N–H and O–H groups in total. The van der Waals surface area contributed by atoms with Gasteiger partial charge in [0.1, 0.15) is 0 Å². The van der Waals surface area contributed by atoms with Crippen molar-refractivity contribution >= 4 is 0 Å². The van der Waals surface area contributed by atoms with E-state index in [-0.39, 0.29) is 12.0 Å². The molecule has 1 aromatic carbocycles. The number of unbranched alkanes of at least 4 members (excludes halogenated alkanes) is 2. The van der Waals surface area contributed by atoms with E-state index in [2.05, 4.69) is 45.0 Å². The Morgan fingerprint density at radius 3 is 2.52 bits per heavy atom. The van der Waals surface area contributed by atoms with E-state index in [1.165, 1.54) is 11.1 Å². The summed E-state index contributed by atoms with van der Waals surface area (Å²) in [5.41, 5.74) is 5.02. The molecular formula is C20H24N2O. The maximum absolute atomic E-state index is 12.7. The monoisotopic (exact) mass is 308 g/mol. The van der Waals surface area contributed by atoms with Gasteiger partial charge in [-0.3, -0.25) is 4.79 Å². The Morgan fingerprint density at radius 2 is 1.87 bits per heavy atom. The maximum atomic E-state index is 12.7. The van der Waals surface area contributed by atoms with Gasteiger partial charge in [-0.25, -0.2) is 0 Å². The van der Waals surface area contributed by atoms with Gasteiger partial charge in [-0.1, -0.05) is 38.0 Å². The summed E-state index contributed by atoms with van der Waals surface area (Å²) in [6, 6.07) is 12.1. The van der Waals surface area contributed by atoms with Crippen LogP contribution >= 0.6 is 0 Å². The van der Waals surface area contributed by atoms with E-state index in [1.54, 1.807) is 6.07 Å². The second-order valence-corrected chi connectivity index (χ2v) is 6.04. The molecule has 0 radical (unpaired) electrons. The standard InChI is InChI=1S/C20H24N2O/c1-4-5-6-13-22-19(10-9-17(11-12-21)20(22)23)18-8-7-15(2)16(3)14-18/h7-10,14H,4-6,11,13H2,1-3H3. The molecule has 0 aliphatic rings. The van der Waals surface area contributed by atoms with Crippen LogP contribution < -0.4 is 5.56 Å². The highest BCUT2D eigenvalue weighted by Crippen LogP contribution is 2.22. The van der Waals surface area contributed by atoms with Crippen LogP contribution in [0.1, 0.15) is 42.9 Å². The first-order valence-electron chi connectivity index (χ1n) is 8.25. The zero-order valence-electron chi connectivity index (χ0n) is 14.2. The first kappa shape index (κ1) is 17.0. The number of nitrogens with zero attached hydrogens (tertiary/aromatic N) is 2. The molecule has 0 bridgehead atoms. The summed E-state index contributed by atoms with van der Waals surface area (Å²) in [5.74, 6) is 0. The third-order valence-corrected chi connectivity index (χ3v) is 4.31. The van der Waals surface area contributed by atoms with Crippen molar-refractivity contribution < 1.29 is 0 Å². The second-order valence-electron chi connectivity index (χ2n) is 6.04. The summed E-state index contributed by atoms with van der Waals surface area (Å²) in [6.45, 7) is 7.03. The van der Waals surface area contributed by atoms with Gasteiger partial charge >= 0.3 is 0 Å². The molecule has 0 fully saturated rings. The van der Waals surface area contributed by atoms with Crippen LogP contribution in [0.25, 0.3) is 11.3 Å². The first-order chi connectivity index (χ1) is 11.1. The van der Waals surface area contributed by atoms with Crippen molar-refractivity contribution in [1.29, 1.82) is 5.26 Å². The van der Waals surface area contributed by atoms with Gasteiger partial charge in [0.25, 0.3) is 5.56 Å². The molecule has 0 aliphatic heterocycles. The average Bonchev–Trinajstić information content (AvgIpc) is 2.54. The van der Waals surface area contributed by atoms with Crippen molar-refractivity contribution in [2.45, 2.75) is 53.0 Å². The van der Waals surface area contributed by atoms with Gasteiger partial charge in [0.05, 0.1) is 18.2 Å². The highest BCUT2D eigenvalue weighted by atomic mass is 16.1. The van der Waals surface area contributed by atoms with E-state index >= 15 is 0 Å². The van der Waals surface area contributed by atoms with Gasteiger partial charge in [0.2, 0.25) is 0 Å². The Hall–Kier alpha value is -2.34. The van der Waals surface area contributed by atoms with Gasteiger partial charge in [0, 0.05) is 12.1 Å². The summed E-state index contributed by atoms with van der Waals surface area (Å²) in [4.78, 5) is 12.7. The zero-order chi connectivity index (χ0) is 16.8. The molecule has 2 rings (SSSR count). The number of rotatable bonds is 6. The van der Waals surface area contributed by atoms with Crippen molar-refractivity contribution in [3.05, 3.63) is 57.4 Å². The average molecular weight is 308 g/mol. The van der Waals surface area contributed by atoms with Crippen LogP contribution in [0.3, 0.4) is 0 Å². The Kier molecular flexibility index (Phi) is 5.76. The number of nitriles is 1. The van der Waals surface area contributed by atoms with Crippen LogP contribution in [0, 0.1) is 25.2 Å². The molecule has 120 valence electrons. The topological polar surface area (TPSA) is 45.8 Å². The number of pyridine rings is 1. The van der Waals surface area contributed by atoms with E-state index < -0.39 is 0 Å². The first-order valence-corrected chi connectivity index (χ1v) is 8.25. The van der Waals surface area contributed by atoms with Crippen molar-refractivity contribution in [3.8, 4) is 17.3 Å². The summed E-state index contributed by atoms with van der Waals surface area (Å²) < 4.78 is 1.84. The normalized spacial score (nSPS) is 10.5. The molecule has 1 heterocycles. The molecule has 3 nitrogen and oxygen atoms in total. The predicted molar refractivity (Wildman–Crippen MR) is 94.5 cm³/mol. The Balaban J connectivity index is 2.52. The molecule has 2 aromatic rings. The van der Waals surface area contributed by atoms with Crippen LogP contribution in [0.2, 0.25) is 0 Å². The van der Waals surface area contributed by atoms with Gasteiger partial charge in [-0.05, 0) is 49.1 Å². The molecule has 0 unspecified atom stereocenters. The van der Waals surface area contributed by atoms with Crippen LogP contribution in [-0.4, -0.2) is 4.57 Å². The quantitative estimate of drug-likeness (QED) is 0.743. The second kappa shape index (κ2) is 7.78. The Labute approximate surface area is 138 Å². The van der Waals surface area contributed by atoms with Gasteiger partial charge in [-0.15, -0.1) is 0 Å². The maximum Gasteiger partial charge on any atom is 0.255 e. The molecule has 0 aliphatic carbocycles. The van der Waals surface area contributed by atoms with Gasteiger partial charge in [-0.2, -0.15) is 5.26 Å². The minimum Gasteiger partial charge on any atom is -0.308 e. The number of aromatic nitrogens is 1. The van der Waals surface area contributed by atoms with E-state index in [9.17, 15) is 4.79 Å². The molecule has 1 aromatic heterocycles. The highest BCUT2D eigenvalue weighted by molar-refractivity contribution is 5.61. The molecular weight excluding hydrogens is 284 g/mol. The van der Waals surface area contributed by atoms with E-state index in [4.69, 9.17) is 5.26 Å². The Morgan fingerprint density at radius 1 is 1.09 bits per heavy atom. The van der Waals surface area contributed by atoms with Crippen LogP contribution in [0.15, 0.2) is 35.1 Å². The van der Waals surface area contributed by atoms with Crippen molar-refractivity contribution in [2.75, 3.05) is 0 Å². The fourth-order valence-corrected chi connectivity index (χ4v) is 2.74. The number of aryl methyl sites for hydroxylation is 2. The summed E-state index contributed by atoms with van der Waals surface area (Å²) in [6.07, 6.45) is 3.36. The van der Waals surface area contributed by atoms with Crippen LogP contribution in [0.5, 0.6) is 0 Å². The lowest BCUT2D eigenvalue weighted by atomic mass is 10.0. The van der Waals surface area contributed by atoms with E-state index in [0.29, 0.717) is 12.1 Å². The van der Waals surface area contributed by atoms with Crippen LogP contribution in [-0.2, 0) is 13.0 Å². The van der Waals surface area contributed by atoms with Gasteiger partial charge < -0.3 is 4.57 Å². The lowest BCUT2D eigenvalue weighted by Gasteiger charge is -2.15. The molecule has 3 heteroatoms. The van der Waals surface area contributed by atoms with Crippen LogP contribution in [0.4, 0.5) is 0 Å². The molecule has 23 heavy (non-hydrogen) atoms. The zero-order valence-corrected chi connectivity index (χ0v) is 14.2. The fraction of sp³-hybridized carbons (Fsp3) is 0.400. The summed E-state index contributed by atoms with van der Waals surface area (Å²) in [7, 11) is 0. The van der Waals surface area contributed by atoms with Crippen molar-refractivity contribution in [3.63, 3.8) is 0 Å². The largest absolute Gasteiger partial charge is 0.308 e. The summed E-state index contributed by atoms with van der Waals surface area (Å²) in [5, 5.41) is 8.90. The van der Waals surface area contributed by atoms with Gasteiger partial charge in [0.15, 0.2) is 0 Å². The third kappa shape index (κ3) is 3.90. The Bertz CT molecular complexity index is 781. The fourth-order valence-electron chi connectivity index (χ4n) is 2.74. The SMILES string of the molecule is CCCCCn1c(-c2ccc(C)c(C)c2)ccc(CC#N)c1=O. The molecule has 0 saturated carbocycles. The van der Waals surface area contributed by atoms with Crippen molar-refractivity contribution in [1.82, 2.24) is 4.57 Å². The van der Waals surface area contributed by atoms with Crippen molar-refractivity contribution in [2.24, 2.45) is 0 Å². The third-order valence-electron chi connectivity index (χ3n) is 4.31. The predicted octanol–water partition coefficient (Wildman–Crippen LogP) is 4.39. The molecule has 0 atom stereocenters. The number of benzene rings is 1. The lowest BCUT2D eigenvalue weighted by molar-refractivity contribution is 0.589. The minimum absolute atomic E-state index is 0.0293. The van der Waals surface area contributed by atoms with E-state index in [1.807, 2.05) is 10.6 Å². The van der Waals surface area contributed by atoms with E-state index in [0.717, 1.165) is 30.5 Å². The smallest absolute Gasteiger partial charge is 0.255 e. The number of hydrogen-bond donors (Lipinski definition) is 0. The number of hydrogen-bond acceptors (Lipinski definition) is 2. The molecule has 0 amide bonds. The minimum atomic E-state index is -0.0293. The highest BCUT2D eigenvalue weighted by Gasteiger charge is 2.11. The molecule has 0 spiro atoms.